The van der Waals surface area contributed by atoms with E-state index in [1.807, 2.05) is 12.1 Å². The van der Waals surface area contributed by atoms with Crippen molar-refractivity contribution < 1.29 is 18.3 Å². The second-order valence-corrected chi connectivity index (χ2v) is 8.41. The quantitative estimate of drug-likeness (QED) is 0.522. The molecule has 0 radical (unpaired) electrons. The summed E-state index contributed by atoms with van der Waals surface area (Å²) in [6, 6.07) is 13.3. The fourth-order valence-corrected chi connectivity index (χ4v) is 3.92. The Hall–Kier alpha value is -1.90. The van der Waals surface area contributed by atoms with Crippen LogP contribution in [-0.4, -0.2) is 32.5 Å². The van der Waals surface area contributed by atoms with Gasteiger partial charge in [-0.25, -0.2) is 13.1 Å². The lowest BCUT2D eigenvalue weighted by Gasteiger charge is -2.08. The van der Waals surface area contributed by atoms with Crippen molar-refractivity contribution in [1.82, 2.24) is 10.0 Å². The normalized spacial score (nSPS) is 11.3. The van der Waals surface area contributed by atoms with Gasteiger partial charge in [0, 0.05) is 24.0 Å². The van der Waals surface area contributed by atoms with Gasteiger partial charge in [0.05, 0.1) is 4.90 Å². The molecule has 0 aromatic heterocycles. The Morgan fingerprint density at radius 3 is 2.50 bits per heavy atom. The van der Waals surface area contributed by atoms with E-state index < -0.39 is 10.0 Å². The minimum atomic E-state index is -3.62. The van der Waals surface area contributed by atoms with Gasteiger partial charge in [0.1, 0.15) is 5.75 Å². The lowest BCUT2D eigenvalue weighted by Crippen LogP contribution is -2.31. The van der Waals surface area contributed by atoms with Crippen molar-refractivity contribution in [2.24, 2.45) is 0 Å². The van der Waals surface area contributed by atoms with Gasteiger partial charge in [0.15, 0.2) is 0 Å². The lowest BCUT2D eigenvalue weighted by atomic mass is 10.1. The smallest absolute Gasteiger partial charge is 0.240 e. The molecule has 0 bridgehead atoms. The molecule has 0 fully saturated rings. The first kappa shape index (κ1) is 20.4. The second-order valence-electron chi connectivity index (χ2n) is 5.73. The van der Waals surface area contributed by atoms with Crippen LogP contribution >= 0.6 is 15.9 Å². The Labute approximate surface area is 161 Å². The van der Waals surface area contributed by atoms with Crippen LogP contribution in [0.2, 0.25) is 0 Å². The van der Waals surface area contributed by atoms with E-state index in [0.29, 0.717) is 11.0 Å². The molecule has 0 aliphatic rings. The number of benzene rings is 2. The average Bonchev–Trinajstić information content (AvgIpc) is 2.60. The van der Waals surface area contributed by atoms with Gasteiger partial charge in [0.25, 0.3) is 0 Å². The Kier molecular flexibility index (Phi) is 7.62. The maximum absolute atomic E-state index is 12.1. The number of nitrogens with one attached hydrogen (secondary N) is 2. The molecule has 2 aromatic carbocycles. The van der Waals surface area contributed by atoms with Crippen LogP contribution in [-0.2, 0) is 21.2 Å². The van der Waals surface area contributed by atoms with Crippen LogP contribution in [0.1, 0.15) is 18.4 Å². The van der Waals surface area contributed by atoms with Gasteiger partial charge >= 0.3 is 0 Å². The summed E-state index contributed by atoms with van der Waals surface area (Å²) in [5.74, 6) is 0.0278. The number of carbonyl (C=O) groups is 1. The van der Waals surface area contributed by atoms with E-state index in [4.69, 9.17) is 0 Å². The summed E-state index contributed by atoms with van der Waals surface area (Å²) in [6.45, 7) is 0.552. The summed E-state index contributed by atoms with van der Waals surface area (Å²) in [4.78, 5) is 11.9. The number of aromatic hydroxyl groups is 1. The summed E-state index contributed by atoms with van der Waals surface area (Å²) >= 11 is 3.23. The van der Waals surface area contributed by atoms with E-state index in [0.717, 1.165) is 18.4 Å². The van der Waals surface area contributed by atoms with Crippen molar-refractivity contribution in [3.8, 4) is 5.75 Å². The molecule has 3 N–H and O–H groups in total. The highest BCUT2D eigenvalue weighted by molar-refractivity contribution is 9.10. The van der Waals surface area contributed by atoms with E-state index in [-0.39, 0.29) is 29.5 Å². The van der Waals surface area contributed by atoms with E-state index >= 15 is 0 Å². The maximum atomic E-state index is 12.1. The van der Waals surface area contributed by atoms with Crippen molar-refractivity contribution in [1.29, 1.82) is 0 Å². The fraction of sp³-hybridized carbons (Fsp3) is 0.278. The molecule has 1 amide bonds. The number of aryl methyl sites for hydroxylation is 1. The van der Waals surface area contributed by atoms with Gasteiger partial charge in [-0.2, -0.15) is 0 Å². The van der Waals surface area contributed by atoms with Crippen molar-refractivity contribution in [2.45, 2.75) is 24.2 Å². The number of sulfonamides is 1. The lowest BCUT2D eigenvalue weighted by molar-refractivity contribution is -0.120. The fourth-order valence-electron chi connectivity index (χ4n) is 2.29. The van der Waals surface area contributed by atoms with Crippen molar-refractivity contribution in [2.75, 3.05) is 13.1 Å². The first-order valence-electron chi connectivity index (χ1n) is 8.17. The van der Waals surface area contributed by atoms with Crippen LogP contribution in [0.25, 0.3) is 0 Å². The number of rotatable bonds is 9. The number of phenols is 1. The van der Waals surface area contributed by atoms with Crippen molar-refractivity contribution in [3.63, 3.8) is 0 Å². The molecule has 2 aromatic rings. The zero-order chi connectivity index (χ0) is 19.0. The van der Waals surface area contributed by atoms with Gasteiger partial charge in [-0.3, -0.25) is 4.79 Å². The van der Waals surface area contributed by atoms with Crippen LogP contribution < -0.4 is 10.0 Å². The van der Waals surface area contributed by atoms with E-state index in [2.05, 4.69) is 26.0 Å². The zero-order valence-corrected chi connectivity index (χ0v) is 16.5. The van der Waals surface area contributed by atoms with Gasteiger partial charge in [-0.1, -0.05) is 34.1 Å². The minimum absolute atomic E-state index is 0.0403. The van der Waals surface area contributed by atoms with E-state index in [1.54, 1.807) is 24.3 Å². The Morgan fingerprint density at radius 2 is 1.81 bits per heavy atom. The molecule has 0 unspecified atom stereocenters. The number of hydrogen-bond donors (Lipinski definition) is 3. The number of halogens is 1. The largest absolute Gasteiger partial charge is 0.508 e. The molecule has 8 heteroatoms. The number of hydrogen-bond acceptors (Lipinski definition) is 4. The van der Waals surface area contributed by atoms with Gasteiger partial charge in [0.2, 0.25) is 15.9 Å². The minimum Gasteiger partial charge on any atom is -0.508 e. The molecule has 0 atom stereocenters. The van der Waals surface area contributed by atoms with Crippen LogP contribution in [0, 0.1) is 0 Å². The van der Waals surface area contributed by atoms with Gasteiger partial charge in [-0.15, -0.1) is 0 Å². The molecule has 0 aliphatic carbocycles. The number of amides is 1. The summed E-state index contributed by atoms with van der Waals surface area (Å²) in [5, 5.41) is 12.0. The standard InChI is InChI=1S/C18H21BrN2O4S/c19-15-4-1-5-17(13-15)26(24,25)21-12-10-18(23)20-11-2-3-14-6-8-16(22)9-7-14/h1,4-9,13,21-22H,2-3,10-12H2,(H,20,23). The first-order chi connectivity index (χ1) is 12.4. The Morgan fingerprint density at radius 1 is 1.08 bits per heavy atom. The highest BCUT2D eigenvalue weighted by atomic mass is 79.9. The van der Waals surface area contributed by atoms with Crippen LogP contribution in [0.4, 0.5) is 0 Å². The zero-order valence-electron chi connectivity index (χ0n) is 14.1. The molecule has 140 valence electrons. The molecule has 0 saturated carbocycles. The number of carbonyl (C=O) groups excluding carboxylic acids is 1. The Bertz CT molecular complexity index is 839. The summed E-state index contributed by atoms with van der Waals surface area (Å²) in [6.07, 6.45) is 1.63. The predicted octanol–water partition coefficient (Wildman–Crippen LogP) is 2.57. The first-order valence-corrected chi connectivity index (χ1v) is 10.4. The van der Waals surface area contributed by atoms with E-state index in [1.165, 1.54) is 12.1 Å². The van der Waals surface area contributed by atoms with Crippen LogP contribution in [0.15, 0.2) is 57.9 Å². The molecule has 2 rings (SSSR count). The molecule has 0 aliphatic heterocycles. The third kappa shape index (κ3) is 6.78. The summed E-state index contributed by atoms with van der Waals surface area (Å²) in [7, 11) is -3.62. The molecule has 0 spiro atoms. The highest BCUT2D eigenvalue weighted by Gasteiger charge is 2.14. The SMILES string of the molecule is O=C(CCNS(=O)(=O)c1cccc(Br)c1)NCCCc1ccc(O)cc1. The van der Waals surface area contributed by atoms with Crippen LogP contribution in [0.5, 0.6) is 5.75 Å². The molecule has 0 heterocycles. The maximum Gasteiger partial charge on any atom is 0.240 e. The molecule has 0 saturated heterocycles. The Balaban J connectivity index is 1.66. The average molecular weight is 441 g/mol. The van der Waals surface area contributed by atoms with Crippen molar-refractivity contribution in [3.05, 3.63) is 58.6 Å². The van der Waals surface area contributed by atoms with Crippen LogP contribution in [0.3, 0.4) is 0 Å². The van der Waals surface area contributed by atoms with E-state index in [9.17, 15) is 18.3 Å². The number of phenolic OH excluding ortho intramolecular Hbond substituents is 1. The van der Waals surface area contributed by atoms with Gasteiger partial charge in [-0.05, 0) is 48.7 Å². The molecule has 26 heavy (non-hydrogen) atoms. The van der Waals surface area contributed by atoms with Gasteiger partial charge < -0.3 is 10.4 Å². The summed E-state index contributed by atoms with van der Waals surface area (Å²) in [5.41, 5.74) is 1.08. The third-order valence-corrected chi connectivity index (χ3v) is 5.60. The predicted molar refractivity (Wildman–Crippen MR) is 103 cm³/mol. The van der Waals surface area contributed by atoms with Crippen molar-refractivity contribution >= 4 is 31.9 Å². The molecular weight excluding hydrogens is 420 g/mol. The summed E-state index contributed by atoms with van der Waals surface area (Å²) < 4.78 is 27.3. The monoisotopic (exact) mass is 440 g/mol. The molecular formula is C18H21BrN2O4S. The molecule has 6 nitrogen and oxygen atoms in total. The third-order valence-electron chi connectivity index (χ3n) is 3.65. The topological polar surface area (TPSA) is 95.5 Å². The highest BCUT2D eigenvalue weighted by Crippen LogP contribution is 2.15. The second kappa shape index (κ2) is 9.70.